The zero-order valence-corrected chi connectivity index (χ0v) is 13.1. The molecule has 0 saturated carbocycles. The summed E-state index contributed by atoms with van der Waals surface area (Å²) in [6.45, 7) is 5.07. The lowest BCUT2D eigenvalue weighted by molar-refractivity contribution is -0.255. The number of rotatable bonds is 5. The monoisotopic (exact) mass is 298 g/mol. The average molecular weight is 298 g/mol. The second kappa shape index (κ2) is 6.19. The Morgan fingerprint density at radius 1 is 1.09 bits per heavy atom. The second-order valence-corrected chi connectivity index (χ2v) is 5.71. The number of benzene rings is 1. The number of hydrogen-bond donors (Lipinski definition) is 0. The van der Waals surface area contributed by atoms with E-state index in [4.69, 9.17) is 9.47 Å². The molecule has 0 heterocycles. The van der Waals surface area contributed by atoms with E-state index < -0.39 is 5.79 Å². The van der Waals surface area contributed by atoms with Crippen LogP contribution in [0.4, 0.5) is 0 Å². The molecule has 0 aromatic heterocycles. The minimum absolute atomic E-state index is 0.0368. The Morgan fingerprint density at radius 3 is 2.41 bits per heavy atom. The number of carbonyl (C=O) groups is 1. The van der Waals surface area contributed by atoms with Crippen LogP contribution in [0.5, 0.6) is 0 Å². The zero-order chi connectivity index (χ0) is 15.6. The SMILES string of the molecule is CCOC1(OCC)CC2C=CC1C=C(c1ccccc1)C2=O. The van der Waals surface area contributed by atoms with Crippen molar-refractivity contribution < 1.29 is 14.3 Å². The van der Waals surface area contributed by atoms with E-state index in [1.165, 1.54) is 0 Å². The third-order valence-electron chi connectivity index (χ3n) is 4.37. The van der Waals surface area contributed by atoms with Gasteiger partial charge >= 0.3 is 0 Å². The maximum absolute atomic E-state index is 12.9. The predicted octanol–water partition coefficient (Wildman–Crippen LogP) is 3.61. The average Bonchev–Trinajstić information content (AvgIpc) is 2.76. The van der Waals surface area contributed by atoms with Crippen molar-refractivity contribution in [1.29, 1.82) is 0 Å². The molecule has 0 aliphatic heterocycles. The third kappa shape index (κ3) is 2.55. The summed E-state index contributed by atoms with van der Waals surface area (Å²) in [7, 11) is 0. The minimum atomic E-state index is -0.713. The van der Waals surface area contributed by atoms with E-state index in [-0.39, 0.29) is 17.6 Å². The fourth-order valence-electron chi connectivity index (χ4n) is 3.43. The smallest absolute Gasteiger partial charge is 0.178 e. The number of hydrogen-bond acceptors (Lipinski definition) is 3. The molecule has 0 saturated heterocycles. The van der Waals surface area contributed by atoms with Gasteiger partial charge in [-0.1, -0.05) is 48.6 Å². The summed E-state index contributed by atoms with van der Waals surface area (Å²) in [6.07, 6.45) is 6.68. The molecule has 2 bridgehead atoms. The van der Waals surface area contributed by atoms with Gasteiger partial charge in [0.1, 0.15) is 0 Å². The highest BCUT2D eigenvalue weighted by atomic mass is 16.7. The second-order valence-electron chi connectivity index (χ2n) is 5.71. The first-order chi connectivity index (χ1) is 10.7. The highest BCUT2D eigenvalue weighted by Gasteiger charge is 2.47. The maximum atomic E-state index is 12.9. The molecular formula is C19H22O3. The van der Waals surface area contributed by atoms with E-state index in [9.17, 15) is 4.79 Å². The summed E-state index contributed by atoms with van der Waals surface area (Å²) in [6, 6.07) is 9.85. The lowest BCUT2D eigenvalue weighted by Gasteiger charge is -2.40. The number of ether oxygens (including phenoxy) is 2. The summed E-state index contributed by atoms with van der Waals surface area (Å²) < 4.78 is 12.0. The van der Waals surface area contributed by atoms with Gasteiger partial charge in [-0.2, -0.15) is 0 Å². The van der Waals surface area contributed by atoms with Crippen LogP contribution >= 0.6 is 0 Å². The molecule has 116 valence electrons. The lowest BCUT2D eigenvalue weighted by atomic mass is 9.83. The Labute approximate surface area is 131 Å². The van der Waals surface area contributed by atoms with Crippen molar-refractivity contribution in [1.82, 2.24) is 0 Å². The molecule has 0 N–H and O–H groups in total. The fraction of sp³-hybridized carbons (Fsp3) is 0.421. The molecule has 3 aliphatic rings. The van der Waals surface area contributed by atoms with Gasteiger partial charge in [0.2, 0.25) is 0 Å². The van der Waals surface area contributed by atoms with E-state index >= 15 is 0 Å². The summed E-state index contributed by atoms with van der Waals surface area (Å²) in [5.74, 6) is -0.769. The van der Waals surface area contributed by atoms with E-state index in [1.54, 1.807) is 0 Å². The van der Waals surface area contributed by atoms with Crippen LogP contribution in [-0.4, -0.2) is 24.8 Å². The molecule has 0 fully saturated rings. The molecule has 0 amide bonds. The first-order valence-electron chi connectivity index (χ1n) is 7.98. The molecule has 22 heavy (non-hydrogen) atoms. The largest absolute Gasteiger partial charge is 0.349 e. The number of Topliss-reactive ketones (excluding diaryl/α,β-unsaturated/α-hetero) is 1. The number of allylic oxidation sites excluding steroid dienone is 2. The number of fused-ring (bicyclic) bond motifs is 2. The van der Waals surface area contributed by atoms with Gasteiger partial charge in [-0.15, -0.1) is 0 Å². The van der Waals surface area contributed by atoms with Gasteiger partial charge in [0.05, 0.1) is 5.92 Å². The normalized spacial score (nSPS) is 25.9. The van der Waals surface area contributed by atoms with Crippen molar-refractivity contribution in [3.8, 4) is 0 Å². The minimum Gasteiger partial charge on any atom is -0.349 e. The molecule has 0 radical (unpaired) electrons. The van der Waals surface area contributed by atoms with Crippen molar-refractivity contribution in [2.24, 2.45) is 11.8 Å². The topological polar surface area (TPSA) is 35.5 Å². The number of carbonyl (C=O) groups excluding carboxylic acids is 1. The highest BCUT2D eigenvalue weighted by molar-refractivity contribution is 6.23. The summed E-state index contributed by atoms with van der Waals surface area (Å²) in [5.41, 5.74) is 1.75. The molecule has 2 unspecified atom stereocenters. The Kier molecular flexibility index (Phi) is 4.27. The summed E-state index contributed by atoms with van der Waals surface area (Å²) in [4.78, 5) is 12.9. The van der Waals surface area contributed by atoms with Gasteiger partial charge in [-0.25, -0.2) is 0 Å². The van der Waals surface area contributed by atoms with Crippen LogP contribution in [0.3, 0.4) is 0 Å². The molecule has 0 spiro atoms. The Morgan fingerprint density at radius 2 is 1.77 bits per heavy atom. The van der Waals surface area contributed by atoms with Crippen LogP contribution in [0.1, 0.15) is 25.8 Å². The van der Waals surface area contributed by atoms with Crippen molar-refractivity contribution in [2.45, 2.75) is 26.1 Å². The fourth-order valence-corrected chi connectivity index (χ4v) is 3.43. The first-order valence-corrected chi connectivity index (χ1v) is 7.98. The molecule has 3 heteroatoms. The van der Waals surface area contributed by atoms with Gasteiger partial charge < -0.3 is 9.47 Å². The summed E-state index contributed by atoms with van der Waals surface area (Å²) >= 11 is 0. The predicted molar refractivity (Wildman–Crippen MR) is 86.1 cm³/mol. The quantitative estimate of drug-likeness (QED) is 0.615. The Bertz CT molecular complexity index is 594. The standard InChI is InChI=1S/C19H22O3/c1-3-21-19(22-4-2)13-15-10-11-16(19)12-17(18(15)20)14-8-6-5-7-9-14/h5-12,15-16H,3-4,13H2,1-2H3. The Balaban J connectivity index is 2.04. The van der Waals surface area contributed by atoms with E-state index in [1.807, 2.05) is 56.3 Å². The van der Waals surface area contributed by atoms with Crippen LogP contribution in [0.2, 0.25) is 0 Å². The molecule has 1 aromatic rings. The van der Waals surface area contributed by atoms with Crippen molar-refractivity contribution in [3.63, 3.8) is 0 Å². The Hall–Kier alpha value is -1.71. The maximum Gasteiger partial charge on any atom is 0.178 e. The first kappa shape index (κ1) is 15.2. The molecule has 3 aliphatic carbocycles. The lowest BCUT2D eigenvalue weighted by Crippen LogP contribution is -2.45. The van der Waals surface area contributed by atoms with Crippen molar-refractivity contribution in [2.75, 3.05) is 13.2 Å². The van der Waals surface area contributed by atoms with Gasteiger partial charge in [-0.05, 0) is 19.4 Å². The van der Waals surface area contributed by atoms with Crippen molar-refractivity contribution in [3.05, 3.63) is 54.1 Å². The zero-order valence-electron chi connectivity index (χ0n) is 13.1. The van der Waals surface area contributed by atoms with Gasteiger partial charge in [0.15, 0.2) is 11.6 Å². The molecule has 2 atom stereocenters. The molecule has 1 aromatic carbocycles. The number of ketones is 1. The van der Waals surface area contributed by atoms with Crippen LogP contribution < -0.4 is 0 Å². The van der Waals surface area contributed by atoms with Gasteiger partial charge in [0.25, 0.3) is 0 Å². The molecule has 3 nitrogen and oxygen atoms in total. The van der Waals surface area contributed by atoms with Crippen LogP contribution in [-0.2, 0) is 14.3 Å². The highest BCUT2D eigenvalue weighted by Crippen LogP contribution is 2.44. The van der Waals surface area contributed by atoms with Crippen LogP contribution in [0.15, 0.2) is 48.6 Å². The summed E-state index contributed by atoms with van der Waals surface area (Å²) in [5, 5.41) is 0. The molecular weight excluding hydrogens is 276 g/mol. The van der Waals surface area contributed by atoms with Crippen LogP contribution in [0, 0.1) is 11.8 Å². The van der Waals surface area contributed by atoms with E-state index in [0.29, 0.717) is 19.6 Å². The third-order valence-corrected chi connectivity index (χ3v) is 4.37. The molecule has 4 rings (SSSR count). The van der Waals surface area contributed by atoms with E-state index in [2.05, 4.69) is 6.08 Å². The van der Waals surface area contributed by atoms with Crippen molar-refractivity contribution >= 4 is 11.4 Å². The van der Waals surface area contributed by atoms with Gasteiger partial charge in [-0.3, -0.25) is 4.79 Å². The van der Waals surface area contributed by atoms with Crippen LogP contribution in [0.25, 0.3) is 5.57 Å². The van der Waals surface area contributed by atoms with E-state index in [0.717, 1.165) is 11.1 Å². The van der Waals surface area contributed by atoms with Gasteiger partial charge in [0, 0.05) is 31.1 Å².